The lowest BCUT2D eigenvalue weighted by Gasteiger charge is -2.15. The van der Waals surface area contributed by atoms with Gasteiger partial charge in [0, 0.05) is 22.3 Å². The van der Waals surface area contributed by atoms with Crippen LogP contribution in [0.2, 0.25) is 10.0 Å². The minimum atomic E-state index is -0.175. The largest absolute Gasteiger partial charge is 0.479 e. The highest BCUT2D eigenvalue weighted by molar-refractivity contribution is 6.39. The first kappa shape index (κ1) is 29.7. The predicted molar refractivity (Wildman–Crippen MR) is 168 cm³/mol. The molecule has 4 aromatic rings. The summed E-state index contributed by atoms with van der Waals surface area (Å²) in [6.45, 7) is 0.785. The smallest absolute Gasteiger partial charge is 0.244 e. The maximum Gasteiger partial charge on any atom is 0.244 e. The number of rotatable bonds is 9. The van der Waals surface area contributed by atoms with Crippen molar-refractivity contribution in [2.75, 3.05) is 40.5 Å². The Bertz CT molecular complexity index is 1660. The zero-order valence-corrected chi connectivity index (χ0v) is 25.3. The molecule has 2 aromatic carbocycles. The van der Waals surface area contributed by atoms with Crippen LogP contribution in [0.25, 0.3) is 33.6 Å². The van der Waals surface area contributed by atoms with E-state index in [1.807, 2.05) is 36.4 Å². The molecule has 14 heteroatoms. The van der Waals surface area contributed by atoms with Gasteiger partial charge in [-0.2, -0.15) is 0 Å². The summed E-state index contributed by atoms with van der Waals surface area (Å²) in [6, 6.07) is 10.8. The Hall–Kier alpha value is -4.36. The van der Waals surface area contributed by atoms with E-state index in [9.17, 15) is 10.2 Å². The molecule has 2 aromatic heterocycles. The second-order valence-electron chi connectivity index (χ2n) is 9.99. The van der Waals surface area contributed by atoms with E-state index in [1.54, 1.807) is 12.4 Å². The number of nitrogens with one attached hydrogen (secondary N) is 2. The molecular formula is C30H28Cl2N8O4. The number of benzene rings is 2. The van der Waals surface area contributed by atoms with E-state index < -0.39 is 0 Å². The minimum absolute atomic E-state index is 0.0442. The normalized spacial score (nSPS) is 17.5. The topological polar surface area (TPSA) is 159 Å². The third-order valence-corrected chi connectivity index (χ3v) is 8.03. The number of aliphatic hydroxyl groups is 2. The Balaban J connectivity index is 1.34. The fourth-order valence-corrected chi connectivity index (χ4v) is 5.60. The monoisotopic (exact) mass is 634 g/mol. The highest BCUT2D eigenvalue weighted by Gasteiger charge is 2.25. The van der Waals surface area contributed by atoms with Crippen molar-refractivity contribution in [2.45, 2.75) is 12.1 Å². The quantitative estimate of drug-likeness (QED) is 0.215. The Labute approximate surface area is 262 Å². The van der Waals surface area contributed by atoms with Crippen molar-refractivity contribution < 1.29 is 19.7 Å². The van der Waals surface area contributed by atoms with Gasteiger partial charge in [0.2, 0.25) is 11.8 Å². The van der Waals surface area contributed by atoms with Crippen molar-refractivity contribution in [3.8, 4) is 45.4 Å². The highest BCUT2D eigenvalue weighted by atomic mass is 35.5. The Morgan fingerprint density at radius 3 is 1.48 bits per heavy atom. The summed E-state index contributed by atoms with van der Waals surface area (Å²) in [7, 11) is 3.02. The molecule has 0 aliphatic carbocycles. The van der Waals surface area contributed by atoms with Crippen LogP contribution in [0.5, 0.6) is 11.8 Å². The van der Waals surface area contributed by atoms with Crippen LogP contribution >= 0.6 is 23.2 Å². The standard InChI is InChI=1S/C30H28Cl2N8O4/c1-43-29-25(27-35-9-15(13-41)37-27)33-11-21(39-29)19-7-3-5-17(23(19)31)18-6-4-8-20(24(18)32)22-12-34-26(30(40-22)44-2)28-36-10-16(14-42)38-28/h3-8,11-12,15-16,41-42H,9-10,13-14H2,1-2H3,(H,35,37)(H,36,38). The van der Waals surface area contributed by atoms with Gasteiger partial charge in [0.15, 0.2) is 23.1 Å². The van der Waals surface area contributed by atoms with Crippen molar-refractivity contribution >= 4 is 34.9 Å². The second-order valence-corrected chi connectivity index (χ2v) is 10.7. The molecule has 226 valence electrons. The average molecular weight is 636 g/mol. The Morgan fingerprint density at radius 1 is 0.705 bits per heavy atom. The number of amidine groups is 2. The molecule has 0 saturated carbocycles. The van der Waals surface area contributed by atoms with Gasteiger partial charge >= 0.3 is 0 Å². The molecule has 2 atom stereocenters. The van der Waals surface area contributed by atoms with E-state index in [0.717, 1.165) is 0 Å². The van der Waals surface area contributed by atoms with Crippen LogP contribution in [0.3, 0.4) is 0 Å². The van der Waals surface area contributed by atoms with Gasteiger partial charge < -0.3 is 30.3 Å². The van der Waals surface area contributed by atoms with Crippen molar-refractivity contribution in [2.24, 2.45) is 9.98 Å². The molecule has 2 aliphatic heterocycles. The number of halogens is 2. The first-order valence-electron chi connectivity index (χ1n) is 13.7. The van der Waals surface area contributed by atoms with Gasteiger partial charge in [0.1, 0.15) is 0 Å². The van der Waals surface area contributed by atoms with Gasteiger partial charge in [-0.3, -0.25) is 9.98 Å². The highest BCUT2D eigenvalue weighted by Crippen LogP contribution is 2.42. The van der Waals surface area contributed by atoms with Gasteiger partial charge in [-0.15, -0.1) is 0 Å². The number of aliphatic imine (C=N–C) groups is 2. The maximum absolute atomic E-state index is 9.44. The molecule has 0 fully saturated rings. The minimum Gasteiger partial charge on any atom is -0.479 e. The summed E-state index contributed by atoms with van der Waals surface area (Å²) >= 11 is 14.0. The van der Waals surface area contributed by atoms with E-state index in [2.05, 4.69) is 40.6 Å². The number of ether oxygens (including phenoxy) is 2. The number of hydrogen-bond donors (Lipinski definition) is 4. The van der Waals surface area contributed by atoms with E-state index >= 15 is 0 Å². The van der Waals surface area contributed by atoms with Crippen molar-refractivity contribution in [1.29, 1.82) is 0 Å². The van der Waals surface area contributed by atoms with E-state index in [1.165, 1.54) is 14.2 Å². The number of nitrogens with zero attached hydrogens (tertiary/aromatic N) is 6. The molecule has 12 nitrogen and oxygen atoms in total. The van der Waals surface area contributed by atoms with Crippen molar-refractivity contribution in [1.82, 2.24) is 30.6 Å². The first-order valence-corrected chi connectivity index (χ1v) is 14.5. The van der Waals surface area contributed by atoms with Crippen LogP contribution in [0.1, 0.15) is 11.4 Å². The molecule has 2 unspecified atom stereocenters. The molecule has 0 bridgehead atoms. The molecule has 4 heterocycles. The Kier molecular flexibility index (Phi) is 8.58. The van der Waals surface area contributed by atoms with Gasteiger partial charge in [-0.05, 0) is 0 Å². The predicted octanol–water partition coefficient (Wildman–Crippen LogP) is 3.01. The summed E-state index contributed by atoms with van der Waals surface area (Å²) in [4.78, 5) is 27.3. The summed E-state index contributed by atoms with van der Waals surface area (Å²) in [5, 5.41) is 26.0. The van der Waals surface area contributed by atoms with Crippen LogP contribution in [0, 0.1) is 0 Å². The lowest BCUT2D eigenvalue weighted by Crippen LogP contribution is -2.34. The summed E-state index contributed by atoms with van der Waals surface area (Å²) < 4.78 is 11.1. The van der Waals surface area contributed by atoms with E-state index in [4.69, 9.17) is 32.7 Å². The van der Waals surface area contributed by atoms with Crippen molar-refractivity contribution in [3.63, 3.8) is 0 Å². The van der Waals surface area contributed by atoms with Gasteiger partial charge in [0.05, 0.1) is 86.4 Å². The number of aromatic nitrogens is 4. The third-order valence-electron chi connectivity index (χ3n) is 7.22. The van der Waals surface area contributed by atoms with Crippen LogP contribution in [0.4, 0.5) is 0 Å². The molecule has 4 N–H and O–H groups in total. The van der Waals surface area contributed by atoms with Gasteiger partial charge in [-0.25, -0.2) is 19.9 Å². The fourth-order valence-electron chi connectivity index (χ4n) is 4.95. The van der Waals surface area contributed by atoms with Crippen LogP contribution in [-0.2, 0) is 0 Å². The molecular weight excluding hydrogens is 607 g/mol. The van der Waals surface area contributed by atoms with Crippen LogP contribution in [-0.4, -0.2) is 94.4 Å². The number of aliphatic hydroxyl groups excluding tert-OH is 2. The van der Waals surface area contributed by atoms with Gasteiger partial charge in [0.25, 0.3) is 0 Å². The second kappa shape index (κ2) is 12.7. The van der Waals surface area contributed by atoms with Crippen molar-refractivity contribution in [3.05, 3.63) is 70.2 Å². The molecule has 0 spiro atoms. The fraction of sp³-hybridized carbons (Fsp3) is 0.267. The average Bonchev–Trinajstić information content (AvgIpc) is 3.75. The Morgan fingerprint density at radius 2 is 1.11 bits per heavy atom. The SMILES string of the molecule is COc1nc(-c2cccc(-c3cccc(-c4cnc(C5=NCC(CO)N5)c(OC)n4)c3Cl)c2Cl)cnc1C1=NCC(CO)N1. The summed E-state index contributed by atoms with van der Waals surface area (Å²) in [5.74, 6) is 1.57. The molecule has 0 amide bonds. The lowest BCUT2D eigenvalue weighted by molar-refractivity contribution is 0.263. The zero-order valence-electron chi connectivity index (χ0n) is 23.8. The number of methoxy groups -OCH3 is 2. The van der Waals surface area contributed by atoms with Crippen LogP contribution in [0.15, 0.2) is 58.8 Å². The third kappa shape index (κ3) is 5.52. The summed E-state index contributed by atoms with van der Waals surface area (Å²) in [5.41, 5.74) is 4.53. The van der Waals surface area contributed by atoms with Gasteiger partial charge in [-0.1, -0.05) is 59.6 Å². The molecule has 6 rings (SSSR count). The molecule has 44 heavy (non-hydrogen) atoms. The molecule has 2 aliphatic rings. The van der Waals surface area contributed by atoms with E-state index in [0.29, 0.717) is 79.8 Å². The maximum atomic E-state index is 9.44. The molecule has 0 radical (unpaired) electrons. The van der Waals surface area contributed by atoms with E-state index in [-0.39, 0.29) is 37.1 Å². The summed E-state index contributed by atoms with van der Waals surface area (Å²) in [6.07, 6.45) is 3.21. The number of hydrogen-bond acceptors (Lipinski definition) is 12. The molecule has 0 saturated heterocycles. The zero-order chi connectivity index (χ0) is 30.8. The lowest BCUT2D eigenvalue weighted by atomic mass is 9.98. The first-order chi connectivity index (χ1) is 21.4. The van der Waals surface area contributed by atoms with Crippen LogP contribution < -0.4 is 20.1 Å².